The molecule has 0 unspecified atom stereocenters. The molecule has 124 valence electrons. The van der Waals surface area contributed by atoms with Crippen molar-refractivity contribution >= 4 is 10.9 Å². The van der Waals surface area contributed by atoms with Gasteiger partial charge in [-0.3, -0.25) is 14.8 Å². The van der Waals surface area contributed by atoms with E-state index in [1.54, 1.807) is 24.7 Å². The highest BCUT2D eigenvalue weighted by Gasteiger charge is 2.09. The highest BCUT2D eigenvalue weighted by Crippen LogP contribution is 2.17. The van der Waals surface area contributed by atoms with E-state index in [-0.39, 0.29) is 11.5 Å². The molecule has 0 saturated carbocycles. The molecule has 0 saturated heterocycles. The summed E-state index contributed by atoms with van der Waals surface area (Å²) in [6.07, 6.45) is 5.95. The number of aryl methyl sites for hydroxylation is 2. The van der Waals surface area contributed by atoms with Crippen molar-refractivity contribution < 1.29 is 0 Å². The van der Waals surface area contributed by atoms with E-state index in [1.807, 2.05) is 26.0 Å². The van der Waals surface area contributed by atoms with Gasteiger partial charge in [-0.25, -0.2) is 0 Å². The fourth-order valence-corrected chi connectivity index (χ4v) is 2.92. The van der Waals surface area contributed by atoms with Crippen LogP contribution in [0, 0.1) is 13.8 Å². The number of benzene rings is 1. The SMILES string of the molecule is Cc1ccc(C)c2c(=O)cc(CN[C@H](C)Cc3cnccn3)[nH]c12. The first-order chi connectivity index (χ1) is 11.5. The van der Waals surface area contributed by atoms with Crippen molar-refractivity contribution in [2.24, 2.45) is 0 Å². The van der Waals surface area contributed by atoms with Gasteiger partial charge in [-0.2, -0.15) is 0 Å². The van der Waals surface area contributed by atoms with Crippen LogP contribution in [0.15, 0.2) is 41.6 Å². The summed E-state index contributed by atoms with van der Waals surface area (Å²) in [7, 11) is 0. The Bertz CT molecular complexity index is 902. The van der Waals surface area contributed by atoms with Crippen molar-refractivity contribution in [2.75, 3.05) is 0 Å². The zero-order valence-corrected chi connectivity index (χ0v) is 14.3. The Hall–Kier alpha value is -2.53. The molecule has 3 aromatic rings. The zero-order chi connectivity index (χ0) is 17.1. The second-order valence-corrected chi connectivity index (χ2v) is 6.29. The van der Waals surface area contributed by atoms with Crippen LogP contribution >= 0.6 is 0 Å². The van der Waals surface area contributed by atoms with Crippen LogP contribution in [0.5, 0.6) is 0 Å². The minimum Gasteiger partial charge on any atom is -0.357 e. The molecular weight excluding hydrogens is 300 g/mol. The Balaban J connectivity index is 1.76. The molecule has 0 fully saturated rings. The van der Waals surface area contributed by atoms with Crippen LogP contribution in [0.4, 0.5) is 0 Å². The summed E-state index contributed by atoms with van der Waals surface area (Å²) in [5, 5.41) is 4.22. The third-order valence-electron chi connectivity index (χ3n) is 4.23. The van der Waals surface area contributed by atoms with Crippen molar-refractivity contribution in [1.29, 1.82) is 0 Å². The van der Waals surface area contributed by atoms with E-state index in [0.29, 0.717) is 6.54 Å². The normalized spacial score (nSPS) is 12.5. The Kier molecular flexibility index (Phi) is 4.71. The van der Waals surface area contributed by atoms with Gasteiger partial charge >= 0.3 is 0 Å². The number of rotatable bonds is 5. The van der Waals surface area contributed by atoms with Crippen molar-refractivity contribution in [1.82, 2.24) is 20.3 Å². The first-order valence-corrected chi connectivity index (χ1v) is 8.15. The van der Waals surface area contributed by atoms with Crippen LogP contribution < -0.4 is 10.7 Å². The summed E-state index contributed by atoms with van der Waals surface area (Å²) in [6, 6.07) is 5.96. The molecule has 3 rings (SSSR count). The molecule has 1 aromatic carbocycles. The molecule has 5 nitrogen and oxygen atoms in total. The number of pyridine rings is 1. The zero-order valence-electron chi connectivity index (χ0n) is 14.3. The van der Waals surface area contributed by atoms with E-state index in [9.17, 15) is 4.79 Å². The third kappa shape index (κ3) is 3.51. The lowest BCUT2D eigenvalue weighted by Gasteiger charge is -2.14. The predicted molar refractivity (Wildman–Crippen MR) is 96.1 cm³/mol. The summed E-state index contributed by atoms with van der Waals surface area (Å²) in [5.74, 6) is 0. The number of fused-ring (bicyclic) bond motifs is 1. The lowest BCUT2D eigenvalue weighted by molar-refractivity contribution is 0.534. The van der Waals surface area contributed by atoms with Gasteiger partial charge in [-0.1, -0.05) is 12.1 Å². The first kappa shape index (κ1) is 16.3. The van der Waals surface area contributed by atoms with E-state index in [4.69, 9.17) is 0 Å². The van der Waals surface area contributed by atoms with E-state index in [1.165, 1.54) is 0 Å². The molecule has 0 amide bonds. The Morgan fingerprint density at radius 1 is 1.21 bits per heavy atom. The number of nitrogens with one attached hydrogen (secondary N) is 2. The molecule has 1 atom stereocenters. The van der Waals surface area contributed by atoms with Gasteiger partial charge in [0.2, 0.25) is 0 Å². The Labute approximate surface area is 141 Å². The van der Waals surface area contributed by atoms with E-state index < -0.39 is 0 Å². The fraction of sp³-hybridized carbons (Fsp3) is 0.316. The molecule has 5 heteroatoms. The second kappa shape index (κ2) is 6.93. The molecule has 24 heavy (non-hydrogen) atoms. The first-order valence-electron chi connectivity index (χ1n) is 8.15. The Morgan fingerprint density at radius 3 is 2.75 bits per heavy atom. The minimum atomic E-state index is 0.0725. The van der Waals surface area contributed by atoms with Gasteiger partial charge in [0, 0.05) is 54.7 Å². The number of hydrogen-bond donors (Lipinski definition) is 2. The van der Waals surface area contributed by atoms with E-state index >= 15 is 0 Å². The van der Waals surface area contributed by atoms with Crippen molar-refractivity contribution in [3.8, 4) is 0 Å². The van der Waals surface area contributed by atoms with Gasteiger partial charge in [-0.15, -0.1) is 0 Å². The van der Waals surface area contributed by atoms with Crippen LogP contribution in [0.25, 0.3) is 10.9 Å². The summed E-state index contributed by atoms with van der Waals surface area (Å²) < 4.78 is 0. The number of aromatic amines is 1. The van der Waals surface area contributed by atoms with Gasteiger partial charge in [0.15, 0.2) is 5.43 Å². The summed E-state index contributed by atoms with van der Waals surface area (Å²) in [5.41, 5.74) is 4.95. The number of H-pyrrole nitrogens is 1. The molecule has 2 heterocycles. The predicted octanol–water partition coefficient (Wildman–Crippen LogP) is 2.66. The third-order valence-corrected chi connectivity index (χ3v) is 4.23. The lowest BCUT2D eigenvalue weighted by atomic mass is 10.0. The van der Waals surface area contributed by atoms with Crippen molar-refractivity contribution in [3.63, 3.8) is 0 Å². The smallest absolute Gasteiger partial charge is 0.189 e. The van der Waals surface area contributed by atoms with Crippen LogP contribution in [0.2, 0.25) is 0 Å². The molecule has 2 aromatic heterocycles. The maximum Gasteiger partial charge on any atom is 0.189 e. The topological polar surface area (TPSA) is 70.7 Å². The molecule has 0 radical (unpaired) electrons. The van der Waals surface area contributed by atoms with Crippen LogP contribution in [-0.2, 0) is 13.0 Å². The number of hydrogen-bond acceptors (Lipinski definition) is 4. The van der Waals surface area contributed by atoms with Crippen LogP contribution in [0.3, 0.4) is 0 Å². The monoisotopic (exact) mass is 322 g/mol. The summed E-state index contributed by atoms with van der Waals surface area (Å²) in [6.45, 7) is 6.70. The maximum absolute atomic E-state index is 12.4. The highest BCUT2D eigenvalue weighted by atomic mass is 16.1. The Morgan fingerprint density at radius 2 is 2.00 bits per heavy atom. The maximum atomic E-state index is 12.4. The van der Waals surface area contributed by atoms with Gasteiger partial charge in [0.1, 0.15) is 0 Å². The fourth-order valence-electron chi connectivity index (χ4n) is 2.92. The second-order valence-electron chi connectivity index (χ2n) is 6.29. The minimum absolute atomic E-state index is 0.0725. The van der Waals surface area contributed by atoms with Crippen molar-refractivity contribution in [3.05, 3.63) is 69.5 Å². The average molecular weight is 322 g/mol. The van der Waals surface area contributed by atoms with E-state index in [2.05, 4.69) is 27.2 Å². The molecule has 0 aliphatic carbocycles. The molecule has 0 bridgehead atoms. The quantitative estimate of drug-likeness (QED) is 0.757. The van der Waals surface area contributed by atoms with Gasteiger partial charge in [0.25, 0.3) is 0 Å². The van der Waals surface area contributed by atoms with Gasteiger partial charge in [-0.05, 0) is 31.9 Å². The molecular formula is C19H22N4O. The molecule has 0 aliphatic rings. The summed E-state index contributed by atoms with van der Waals surface area (Å²) >= 11 is 0. The largest absolute Gasteiger partial charge is 0.357 e. The van der Waals surface area contributed by atoms with Gasteiger partial charge < -0.3 is 10.3 Å². The highest BCUT2D eigenvalue weighted by molar-refractivity contribution is 5.84. The summed E-state index contributed by atoms with van der Waals surface area (Å²) in [4.78, 5) is 24.2. The molecule has 2 N–H and O–H groups in total. The van der Waals surface area contributed by atoms with Crippen molar-refractivity contribution in [2.45, 2.75) is 39.8 Å². The van der Waals surface area contributed by atoms with E-state index in [0.717, 1.165) is 39.8 Å². The average Bonchev–Trinajstić information content (AvgIpc) is 2.57. The van der Waals surface area contributed by atoms with Crippen LogP contribution in [0.1, 0.15) is 29.4 Å². The number of nitrogens with zero attached hydrogens (tertiary/aromatic N) is 2. The molecule has 0 aliphatic heterocycles. The lowest BCUT2D eigenvalue weighted by Crippen LogP contribution is -2.28. The standard InChI is InChI=1S/C19H22N4O/c1-12-4-5-13(2)19-18(12)17(24)9-16(23-19)11-22-14(3)8-15-10-20-6-7-21-15/h4-7,9-10,14,22H,8,11H2,1-3H3,(H,23,24)/t14-/m1/s1. The molecule has 0 spiro atoms. The van der Waals surface area contributed by atoms with Crippen LogP contribution in [-0.4, -0.2) is 21.0 Å². The number of aromatic nitrogens is 3. The van der Waals surface area contributed by atoms with Gasteiger partial charge in [0.05, 0.1) is 11.2 Å².